The van der Waals surface area contributed by atoms with Crippen molar-refractivity contribution in [2.75, 3.05) is 5.32 Å². The van der Waals surface area contributed by atoms with E-state index in [2.05, 4.69) is 439 Å². The molecule has 4 N–H and O–H groups in total. The summed E-state index contributed by atoms with van der Waals surface area (Å²) in [6.07, 6.45) is 12.1. The highest BCUT2D eigenvalue weighted by molar-refractivity contribution is 6.03. The number of aromatic nitrogens is 5. The molecular weight excluding hydrogens is 1610 g/mol. The van der Waals surface area contributed by atoms with E-state index >= 15 is 0 Å². The second-order valence-corrected chi connectivity index (χ2v) is 52.3. The zero-order valence-corrected chi connectivity index (χ0v) is 92.2. The maximum Gasteiger partial charge on any atom is 0.233 e. The molecule has 0 spiro atoms. The fourth-order valence-corrected chi connectivity index (χ4v) is 12.6. The second kappa shape index (κ2) is 49.7. The molecule has 0 bridgehead atoms. The van der Waals surface area contributed by atoms with Gasteiger partial charge in [0.1, 0.15) is 18.0 Å². The van der Waals surface area contributed by atoms with Gasteiger partial charge in [-0.2, -0.15) is 0 Å². The lowest BCUT2D eigenvalue weighted by Crippen LogP contribution is -2.41. The number of rotatable bonds is 15. The minimum absolute atomic E-state index is 0.0128. The monoisotopic (exact) mass is 1800 g/mol. The van der Waals surface area contributed by atoms with Gasteiger partial charge in [-0.3, -0.25) is 44.1 Å². The van der Waals surface area contributed by atoms with E-state index in [-0.39, 0.29) is 113 Å². The minimum atomic E-state index is -0.345. The number of hydrogen-bond donors (Lipinski definition) is 4. The molecule has 0 atom stereocenters. The Balaban J connectivity index is 0.000000752. The van der Waals surface area contributed by atoms with Gasteiger partial charge in [0.05, 0.1) is 18.3 Å². The van der Waals surface area contributed by atoms with E-state index in [1.165, 1.54) is 61.5 Å². The van der Waals surface area contributed by atoms with Gasteiger partial charge >= 0.3 is 0 Å². The average Bonchev–Trinajstić information content (AvgIpc) is 0.815. The molecule has 2 amide bonds. The number of amides is 2. The number of ketones is 2. The highest BCUT2D eigenvalue weighted by atomic mass is 16.2. The molecule has 3 aromatic carbocycles. The number of nitrogens with zero attached hydrogens (tertiary/aromatic N) is 5. The van der Waals surface area contributed by atoms with Crippen LogP contribution >= 0.6 is 0 Å². The molecule has 0 aliphatic carbocycles. The largest absolute Gasteiger partial charge is 0.351 e. The van der Waals surface area contributed by atoms with Crippen molar-refractivity contribution in [2.45, 2.75) is 448 Å². The molecular formula is C118H189N9O4. The molecule has 131 heavy (non-hydrogen) atoms. The van der Waals surface area contributed by atoms with Gasteiger partial charge in [-0.25, -0.2) is 0 Å². The van der Waals surface area contributed by atoms with Crippen LogP contribution in [0.4, 0.5) is 5.69 Å². The first-order valence-corrected chi connectivity index (χ1v) is 48.0. The van der Waals surface area contributed by atoms with Crippen LogP contribution in [0.1, 0.15) is 435 Å². The Morgan fingerprint density at radius 2 is 0.595 bits per heavy atom. The third-order valence-electron chi connectivity index (χ3n) is 20.6. The SMILES string of the molecule is CC(C)(C)CC(=O)CC(=O)Cc1ccc(C(C)(C)C)cn1.CC(C)(C)Cc1ccc(C(C)(C)C)cc1.CC(C)(C)Cc1ccc(C(C)(C)C)nc1.CC(C)(C)NC(=O)CC(=O)Nc1ccc(C(C)(C)C)nc1.CC(C)(C)NCc1ccc(C(C)(C)C)cc1.CC(C)(C)NCc1ccc(C(C)(C)C)nc1.CC(C)(C)c1ccc(C(C)(C)C)cc1.CC(C)c1ccc(C(C)(C)C)cn1. The van der Waals surface area contributed by atoms with E-state index in [1.54, 1.807) is 12.3 Å². The van der Waals surface area contributed by atoms with Crippen molar-refractivity contribution >= 4 is 29.1 Å². The molecule has 0 saturated carbocycles. The molecule has 5 aromatic heterocycles. The summed E-state index contributed by atoms with van der Waals surface area (Å²) in [4.78, 5) is 69.3. The van der Waals surface area contributed by atoms with E-state index in [1.807, 2.05) is 84.5 Å². The molecule has 0 radical (unpaired) electrons. The zero-order chi connectivity index (χ0) is 102. The Hall–Kier alpha value is -8.39. The van der Waals surface area contributed by atoms with Crippen molar-refractivity contribution in [1.29, 1.82) is 0 Å². The lowest BCUT2D eigenvalue weighted by Gasteiger charge is -2.23. The number of hydrogen-bond acceptors (Lipinski definition) is 11. The first-order chi connectivity index (χ1) is 58.8. The van der Waals surface area contributed by atoms with Gasteiger partial charge in [0.2, 0.25) is 11.8 Å². The summed E-state index contributed by atoms with van der Waals surface area (Å²) in [5, 5.41) is 12.4. The van der Waals surface area contributed by atoms with Crippen LogP contribution in [-0.2, 0) is 100 Å². The first-order valence-electron chi connectivity index (χ1n) is 48.0. The molecule has 730 valence electrons. The molecule has 8 aromatic rings. The maximum absolute atomic E-state index is 11.9. The molecule has 5 heterocycles. The number of carbonyl (C=O) groups is 4. The summed E-state index contributed by atoms with van der Waals surface area (Å²) in [6.45, 7) is 104. The van der Waals surface area contributed by atoms with Gasteiger partial charge in [-0.1, -0.05) is 360 Å². The van der Waals surface area contributed by atoms with Gasteiger partial charge in [0, 0.05) is 112 Å². The Bertz CT molecular complexity index is 4370. The molecule has 8 rings (SSSR count). The molecule has 0 saturated heterocycles. The van der Waals surface area contributed by atoms with Crippen LogP contribution in [0.15, 0.2) is 164 Å². The van der Waals surface area contributed by atoms with Gasteiger partial charge in [0.25, 0.3) is 0 Å². The third-order valence-corrected chi connectivity index (χ3v) is 20.6. The fourth-order valence-electron chi connectivity index (χ4n) is 12.6. The standard InChI is InChI=1S/C18H27NO2.C16H25N3O2.C15H25N.C15H24.C14H24N2.C14H23N.C14H22.C12H19N/c1-17(2,3)11-16(21)10-15(20)9-14-8-7-13(12-19-14)18(4,5)6;1-15(2,3)12-8-7-11(10-17-12)18-13(20)9-14(21)19-16(4,5)6;1-14(2,3)13-9-7-12(8-10-13)11-16-15(4,5)6;1-14(2,3)11-12-7-9-13(10-8-12)15(4,5)6;1-13(2,3)12-8-7-11(9-15-12)10-16-14(4,5)6;1-13(2,3)9-11-7-8-12(15-10-11)14(4,5)6;1-13(2,3)11-7-9-12(10-8-11)14(4,5)6;1-9(2)11-7-6-10(8-13-11)12(3,4)5/h7-8,12H,9-11H2,1-6H3;7-8,10H,9H2,1-6H3,(H,18,20)(H,19,21);7-10,16H,11H2,1-6H3;7-10H,11H2,1-6H3;7-9,16H,10H2,1-6H3;7-8,10H,9H2,1-6H3;7-10H,1-6H3;6-9H,1-5H3. The summed E-state index contributed by atoms with van der Waals surface area (Å²) < 4.78 is 0. The number of carbonyl (C=O) groups excluding carboxylic acids is 4. The summed E-state index contributed by atoms with van der Waals surface area (Å²) in [6, 6.07) is 47.5. The van der Waals surface area contributed by atoms with Crippen LogP contribution in [0.25, 0.3) is 0 Å². The number of nitrogens with one attached hydrogen (secondary N) is 4. The van der Waals surface area contributed by atoms with E-state index < -0.39 is 0 Å². The molecule has 0 aliphatic heterocycles. The topological polar surface area (TPSA) is 181 Å². The molecule has 0 fully saturated rings. The van der Waals surface area contributed by atoms with Crippen molar-refractivity contribution in [1.82, 2.24) is 40.9 Å². The number of benzene rings is 3. The number of anilines is 1. The molecule has 13 nitrogen and oxygen atoms in total. The van der Waals surface area contributed by atoms with Crippen molar-refractivity contribution in [3.63, 3.8) is 0 Å². The quantitative estimate of drug-likeness (QED) is 0.0717. The van der Waals surface area contributed by atoms with Crippen LogP contribution in [0, 0.1) is 16.2 Å². The van der Waals surface area contributed by atoms with Gasteiger partial charge in [0.15, 0.2) is 0 Å². The van der Waals surface area contributed by atoms with E-state index in [0.29, 0.717) is 28.9 Å². The summed E-state index contributed by atoms with van der Waals surface area (Å²) in [5.41, 5.74) is 21.4. The summed E-state index contributed by atoms with van der Waals surface area (Å²) in [5.74, 6) is -0.158. The van der Waals surface area contributed by atoms with E-state index in [0.717, 1.165) is 48.6 Å². The van der Waals surface area contributed by atoms with Crippen LogP contribution < -0.4 is 21.3 Å². The van der Waals surface area contributed by atoms with Crippen LogP contribution in [0.2, 0.25) is 0 Å². The van der Waals surface area contributed by atoms with Crippen molar-refractivity contribution in [2.24, 2.45) is 16.2 Å². The Labute approximate surface area is 802 Å². The van der Waals surface area contributed by atoms with Crippen LogP contribution in [-0.4, -0.2) is 64.9 Å². The highest BCUT2D eigenvalue weighted by Crippen LogP contribution is 2.32. The van der Waals surface area contributed by atoms with Gasteiger partial charge < -0.3 is 21.3 Å². The minimum Gasteiger partial charge on any atom is -0.351 e. The van der Waals surface area contributed by atoms with E-state index in [4.69, 9.17) is 0 Å². The van der Waals surface area contributed by atoms with Gasteiger partial charge in [-0.15, -0.1) is 0 Å². The second-order valence-electron chi connectivity index (χ2n) is 52.3. The fraction of sp³-hybridized carbons (Fsp3) is 0.602. The van der Waals surface area contributed by atoms with Crippen molar-refractivity contribution in [3.8, 4) is 0 Å². The third kappa shape index (κ3) is 55.2. The van der Waals surface area contributed by atoms with E-state index in [9.17, 15) is 19.2 Å². The summed E-state index contributed by atoms with van der Waals surface area (Å²) >= 11 is 0. The molecule has 0 unspecified atom stereocenters. The number of Topliss-reactive ketones (excluding diaryl/α,β-unsaturated/α-hetero) is 2. The Morgan fingerprint density at radius 1 is 0.275 bits per heavy atom. The van der Waals surface area contributed by atoms with Crippen molar-refractivity contribution in [3.05, 3.63) is 249 Å². The maximum atomic E-state index is 11.9. The lowest BCUT2D eigenvalue weighted by atomic mass is 9.82. The molecule has 13 heteroatoms. The lowest BCUT2D eigenvalue weighted by molar-refractivity contribution is -0.129. The zero-order valence-electron chi connectivity index (χ0n) is 92.2. The predicted molar refractivity (Wildman–Crippen MR) is 566 cm³/mol. The Morgan fingerprint density at radius 3 is 0.885 bits per heavy atom. The van der Waals surface area contributed by atoms with Crippen LogP contribution in [0.5, 0.6) is 0 Å². The van der Waals surface area contributed by atoms with Crippen LogP contribution in [0.3, 0.4) is 0 Å². The number of pyridine rings is 5. The first kappa shape index (κ1) is 121. The predicted octanol–water partition coefficient (Wildman–Crippen LogP) is 30.0. The summed E-state index contributed by atoms with van der Waals surface area (Å²) in [7, 11) is 0. The smallest absolute Gasteiger partial charge is 0.233 e. The Kier molecular flexibility index (Phi) is 45.8. The van der Waals surface area contributed by atoms with Gasteiger partial charge in [-0.05, 0) is 222 Å². The molecule has 0 aliphatic rings. The normalized spacial score (nSPS) is 12.6. The van der Waals surface area contributed by atoms with Crippen molar-refractivity contribution < 1.29 is 19.2 Å². The average molecular weight is 1800 g/mol. The highest BCUT2D eigenvalue weighted by Gasteiger charge is 2.26.